The molecule has 0 aromatic heterocycles. The summed E-state index contributed by atoms with van der Waals surface area (Å²) in [5.41, 5.74) is 0.116. The lowest BCUT2D eigenvalue weighted by atomic mass is 10.0. The van der Waals surface area contributed by atoms with Crippen LogP contribution in [0, 0.1) is 10.1 Å². The summed E-state index contributed by atoms with van der Waals surface area (Å²) in [6.45, 7) is -0.282. The number of carbonyl (C=O) groups is 2. The number of carbonyl (C=O) groups excluding carboxylic acids is 1. The molecule has 1 rings (SSSR count). The molecule has 0 aliphatic heterocycles. The Morgan fingerprint density at radius 2 is 2.09 bits per heavy atom. The van der Waals surface area contributed by atoms with E-state index in [1.54, 1.807) is 0 Å². The second kappa shape index (κ2) is 7.93. The van der Waals surface area contributed by atoms with Crippen LogP contribution < -0.4 is 10.1 Å². The van der Waals surface area contributed by atoms with E-state index in [1.807, 2.05) is 0 Å². The summed E-state index contributed by atoms with van der Waals surface area (Å²) < 4.78 is 9.67. The second-order valence-corrected chi connectivity index (χ2v) is 4.35. The van der Waals surface area contributed by atoms with Gasteiger partial charge in [-0.3, -0.25) is 14.9 Å². The molecule has 0 heterocycles. The number of nitro benzene ring substituents is 1. The normalized spacial score (nSPS) is 11.5. The first-order chi connectivity index (χ1) is 10.4. The van der Waals surface area contributed by atoms with Crippen molar-refractivity contribution >= 4 is 17.6 Å². The highest BCUT2D eigenvalue weighted by Crippen LogP contribution is 2.25. The lowest BCUT2D eigenvalue weighted by Crippen LogP contribution is -2.43. The maximum atomic E-state index is 11.4. The highest BCUT2D eigenvalue weighted by atomic mass is 16.6. The molecule has 120 valence electrons. The number of carboxylic acids is 1. The van der Waals surface area contributed by atoms with Crippen LogP contribution in [0.1, 0.15) is 5.56 Å². The lowest BCUT2D eigenvalue weighted by molar-refractivity contribution is -0.384. The molecule has 0 saturated carbocycles. The Hall–Kier alpha value is -2.68. The summed E-state index contributed by atoms with van der Waals surface area (Å²) in [7, 11) is 2.67. The fraction of sp³-hybridized carbons (Fsp3) is 0.385. The van der Waals surface area contributed by atoms with Crippen molar-refractivity contribution in [1.29, 1.82) is 0 Å². The van der Waals surface area contributed by atoms with E-state index in [0.29, 0.717) is 11.3 Å². The number of aliphatic carboxylic acids is 1. The minimum absolute atomic E-state index is 0.157. The van der Waals surface area contributed by atoms with Crippen LogP contribution in [0.5, 0.6) is 5.75 Å². The number of amides is 1. The molecule has 0 fully saturated rings. The molecule has 0 aliphatic rings. The molecule has 1 aromatic carbocycles. The molecule has 0 unspecified atom stereocenters. The van der Waals surface area contributed by atoms with Crippen molar-refractivity contribution < 1.29 is 29.1 Å². The van der Waals surface area contributed by atoms with Crippen LogP contribution in [0.4, 0.5) is 5.69 Å². The molecule has 2 N–H and O–H groups in total. The number of ether oxygens (including phenoxy) is 2. The van der Waals surface area contributed by atoms with Gasteiger partial charge in [0.05, 0.1) is 12.0 Å². The van der Waals surface area contributed by atoms with Gasteiger partial charge < -0.3 is 19.9 Å². The number of carboxylic acid groups (broad SMARTS) is 1. The monoisotopic (exact) mass is 312 g/mol. The molecule has 22 heavy (non-hydrogen) atoms. The zero-order chi connectivity index (χ0) is 16.7. The highest BCUT2D eigenvalue weighted by Gasteiger charge is 2.23. The fourth-order valence-corrected chi connectivity index (χ4v) is 1.83. The first-order valence-electron chi connectivity index (χ1n) is 6.21. The summed E-state index contributed by atoms with van der Waals surface area (Å²) in [6.07, 6.45) is -0.157. The van der Waals surface area contributed by atoms with E-state index in [1.165, 1.54) is 32.4 Å². The van der Waals surface area contributed by atoms with Crippen LogP contribution in [0.15, 0.2) is 18.2 Å². The van der Waals surface area contributed by atoms with Gasteiger partial charge in [0.25, 0.3) is 5.69 Å². The summed E-state index contributed by atoms with van der Waals surface area (Å²) in [4.78, 5) is 32.9. The average molecular weight is 312 g/mol. The maximum Gasteiger partial charge on any atom is 0.326 e. The van der Waals surface area contributed by atoms with Crippen LogP contribution in [0.3, 0.4) is 0 Å². The number of rotatable bonds is 8. The number of hydrogen-bond acceptors (Lipinski definition) is 6. The number of nitrogens with zero attached hydrogens (tertiary/aromatic N) is 1. The van der Waals surface area contributed by atoms with Crippen LogP contribution in [0.2, 0.25) is 0 Å². The van der Waals surface area contributed by atoms with Gasteiger partial charge >= 0.3 is 5.97 Å². The molecule has 0 saturated heterocycles. The van der Waals surface area contributed by atoms with Crippen molar-refractivity contribution in [2.45, 2.75) is 12.5 Å². The van der Waals surface area contributed by atoms with E-state index < -0.39 is 22.8 Å². The molecule has 9 nitrogen and oxygen atoms in total. The van der Waals surface area contributed by atoms with Gasteiger partial charge in [0.1, 0.15) is 18.4 Å². The summed E-state index contributed by atoms with van der Waals surface area (Å²) in [6, 6.07) is 2.60. The molecule has 0 radical (unpaired) electrons. The van der Waals surface area contributed by atoms with Gasteiger partial charge in [-0.1, -0.05) is 0 Å². The molecule has 1 amide bonds. The van der Waals surface area contributed by atoms with Gasteiger partial charge in [0, 0.05) is 31.2 Å². The van der Waals surface area contributed by atoms with Gasteiger partial charge in [-0.15, -0.1) is 0 Å². The van der Waals surface area contributed by atoms with Gasteiger partial charge in [0.2, 0.25) is 5.91 Å². The summed E-state index contributed by atoms with van der Waals surface area (Å²) in [5, 5.41) is 22.2. The number of nitrogens with one attached hydrogen (secondary N) is 1. The molecule has 1 atom stereocenters. The summed E-state index contributed by atoms with van der Waals surface area (Å²) >= 11 is 0. The highest BCUT2D eigenvalue weighted by molar-refractivity contribution is 5.84. The quantitative estimate of drug-likeness (QED) is 0.524. The molecule has 0 spiro atoms. The van der Waals surface area contributed by atoms with Crippen molar-refractivity contribution in [1.82, 2.24) is 5.32 Å². The van der Waals surface area contributed by atoms with E-state index in [4.69, 9.17) is 9.84 Å². The smallest absolute Gasteiger partial charge is 0.326 e. The van der Waals surface area contributed by atoms with Crippen molar-refractivity contribution in [2.24, 2.45) is 0 Å². The van der Waals surface area contributed by atoms with E-state index in [9.17, 15) is 19.7 Å². The third kappa shape index (κ3) is 4.70. The van der Waals surface area contributed by atoms with E-state index in [2.05, 4.69) is 10.1 Å². The minimum atomic E-state index is -1.27. The molecule has 0 aliphatic carbocycles. The number of methoxy groups -OCH3 is 2. The van der Waals surface area contributed by atoms with Crippen molar-refractivity contribution in [3.05, 3.63) is 33.9 Å². The Morgan fingerprint density at radius 3 is 2.59 bits per heavy atom. The molecule has 1 aromatic rings. The fourth-order valence-electron chi connectivity index (χ4n) is 1.83. The van der Waals surface area contributed by atoms with Crippen molar-refractivity contribution in [3.63, 3.8) is 0 Å². The second-order valence-electron chi connectivity index (χ2n) is 4.35. The predicted octanol–water partition coefficient (Wildman–Crippen LogP) is 0.362. The first kappa shape index (κ1) is 17.4. The third-order valence-electron chi connectivity index (χ3n) is 2.81. The SMILES string of the molecule is COCC(=O)N[C@@H](Cc1cc([N+](=O)[O-])ccc1OC)C(=O)O. The van der Waals surface area contributed by atoms with Crippen LogP contribution in [-0.4, -0.2) is 48.8 Å². The Kier molecular flexibility index (Phi) is 6.26. The zero-order valence-corrected chi connectivity index (χ0v) is 12.1. The van der Waals surface area contributed by atoms with Gasteiger partial charge in [-0.05, 0) is 6.07 Å². The predicted molar refractivity (Wildman–Crippen MR) is 74.8 cm³/mol. The van der Waals surface area contributed by atoms with Crippen molar-refractivity contribution in [3.8, 4) is 5.75 Å². The Labute approximate surface area is 126 Å². The minimum Gasteiger partial charge on any atom is -0.496 e. The third-order valence-corrected chi connectivity index (χ3v) is 2.81. The largest absolute Gasteiger partial charge is 0.496 e. The zero-order valence-electron chi connectivity index (χ0n) is 12.1. The number of benzene rings is 1. The molecular weight excluding hydrogens is 296 g/mol. The molecule has 9 heteroatoms. The number of non-ortho nitro benzene ring substituents is 1. The number of hydrogen-bond donors (Lipinski definition) is 2. The first-order valence-corrected chi connectivity index (χ1v) is 6.21. The Bertz CT molecular complexity index is 574. The summed E-state index contributed by atoms with van der Waals surface area (Å²) in [5.74, 6) is -1.56. The standard InChI is InChI=1S/C13H16N2O7/c1-21-7-12(16)14-10(13(17)18)6-8-5-9(15(19)20)3-4-11(8)22-2/h3-5,10H,6-7H2,1-2H3,(H,14,16)(H,17,18)/t10-/m0/s1. The van der Waals surface area contributed by atoms with Crippen LogP contribution >= 0.6 is 0 Å². The molecular formula is C13H16N2O7. The Balaban J connectivity index is 3.01. The van der Waals surface area contributed by atoms with E-state index in [0.717, 1.165) is 0 Å². The van der Waals surface area contributed by atoms with Crippen LogP contribution in [-0.2, 0) is 20.7 Å². The van der Waals surface area contributed by atoms with E-state index in [-0.39, 0.29) is 18.7 Å². The number of nitro groups is 1. The topological polar surface area (TPSA) is 128 Å². The maximum absolute atomic E-state index is 11.4. The van der Waals surface area contributed by atoms with Gasteiger partial charge in [-0.25, -0.2) is 4.79 Å². The Morgan fingerprint density at radius 1 is 1.41 bits per heavy atom. The van der Waals surface area contributed by atoms with Crippen LogP contribution in [0.25, 0.3) is 0 Å². The van der Waals surface area contributed by atoms with Gasteiger partial charge in [0.15, 0.2) is 0 Å². The van der Waals surface area contributed by atoms with E-state index >= 15 is 0 Å². The van der Waals surface area contributed by atoms with Gasteiger partial charge in [-0.2, -0.15) is 0 Å². The lowest BCUT2D eigenvalue weighted by Gasteiger charge is -2.16. The van der Waals surface area contributed by atoms with Crippen molar-refractivity contribution in [2.75, 3.05) is 20.8 Å². The molecule has 0 bridgehead atoms. The average Bonchev–Trinajstić information content (AvgIpc) is 2.46.